The monoisotopic (exact) mass is 347 g/mol. The van der Waals surface area contributed by atoms with Crippen LogP contribution in [0.4, 0.5) is 0 Å². The number of benzene rings is 1. The standard InChI is InChI=1S/C17H25N3O.2C2H6/c1-3-13(2)17(21)16(18)9-15-11-20(12-19-15)10-14-7-5-4-6-8-14;2*1-2/h4-8,11,13,16,19H,3,9-10,12,18H2,1-2H3;2*1-2H3. The van der Waals surface area contributed by atoms with Crippen molar-refractivity contribution in [3.63, 3.8) is 0 Å². The number of hydrogen-bond acceptors (Lipinski definition) is 4. The second kappa shape index (κ2) is 13.5. The first kappa shape index (κ1) is 23.2. The quantitative estimate of drug-likeness (QED) is 0.773. The molecule has 1 aromatic carbocycles. The van der Waals surface area contributed by atoms with Gasteiger partial charge in [0.1, 0.15) is 0 Å². The summed E-state index contributed by atoms with van der Waals surface area (Å²) in [5, 5.41) is 3.32. The predicted octanol–water partition coefficient (Wildman–Crippen LogP) is 4.28. The minimum Gasteiger partial charge on any atom is -0.370 e. The van der Waals surface area contributed by atoms with Crippen LogP contribution in [0.3, 0.4) is 0 Å². The van der Waals surface area contributed by atoms with Gasteiger partial charge in [0.2, 0.25) is 0 Å². The van der Waals surface area contributed by atoms with Crippen molar-refractivity contribution >= 4 is 5.78 Å². The highest BCUT2D eigenvalue weighted by Gasteiger charge is 2.22. The number of Topliss-reactive ketones (excluding diaryl/α,β-unsaturated/α-hetero) is 1. The van der Waals surface area contributed by atoms with Crippen LogP contribution in [0.5, 0.6) is 0 Å². The number of nitrogens with zero attached hydrogens (tertiary/aromatic N) is 1. The second-order valence-electron chi connectivity index (χ2n) is 5.74. The van der Waals surface area contributed by atoms with Crippen LogP contribution in [0.15, 0.2) is 42.2 Å². The molecular weight excluding hydrogens is 310 g/mol. The molecule has 1 aliphatic heterocycles. The van der Waals surface area contributed by atoms with E-state index in [9.17, 15) is 4.79 Å². The van der Waals surface area contributed by atoms with Crippen LogP contribution >= 0.6 is 0 Å². The summed E-state index contributed by atoms with van der Waals surface area (Å²) < 4.78 is 0. The highest BCUT2D eigenvalue weighted by molar-refractivity contribution is 5.86. The summed E-state index contributed by atoms with van der Waals surface area (Å²) in [6.45, 7) is 13.6. The van der Waals surface area contributed by atoms with Crippen molar-refractivity contribution in [1.82, 2.24) is 10.2 Å². The van der Waals surface area contributed by atoms with Gasteiger partial charge in [-0.1, -0.05) is 71.9 Å². The Morgan fingerprint density at radius 2 is 1.80 bits per heavy atom. The van der Waals surface area contributed by atoms with Crippen molar-refractivity contribution in [2.45, 2.75) is 67.0 Å². The third kappa shape index (κ3) is 8.21. The van der Waals surface area contributed by atoms with Crippen molar-refractivity contribution in [3.05, 3.63) is 47.8 Å². The van der Waals surface area contributed by atoms with Gasteiger partial charge in [-0.25, -0.2) is 0 Å². The number of nitrogens with one attached hydrogen (secondary N) is 1. The van der Waals surface area contributed by atoms with E-state index in [1.165, 1.54) is 5.56 Å². The maximum Gasteiger partial charge on any atom is 0.152 e. The van der Waals surface area contributed by atoms with Gasteiger partial charge in [0.25, 0.3) is 0 Å². The predicted molar refractivity (Wildman–Crippen MR) is 108 cm³/mol. The zero-order valence-electron chi connectivity index (χ0n) is 16.9. The Bertz CT molecular complexity index is 499. The lowest BCUT2D eigenvalue weighted by Crippen LogP contribution is -2.36. The number of ketones is 1. The molecule has 0 spiro atoms. The molecule has 2 unspecified atom stereocenters. The van der Waals surface area contributed by atoms with E-state index in [1.807, 2.05) is 59.7 Å². The van der Waals surface area contributed by atoms with E-state index >= 15 is 0 Å². The average Bonchev–Trinajstić information content (AvgIpc) is 3.11. The molecule has 2 rings (SSSR count). The van der Waals surface area contributed by atoms with E-state index < -0.39 is 6.04 Å². The first-order chi connectivity index (χ1) is 12.1. The summed E-state index contributed by atoms with van der Waals surface area (Å²) in [5.41, 5.74) is 8.35. The van der Waals surface area contributed by atoms with Crippen LogP contribution in [0, 0.1) is 5.92 Å². The molecule has 0 aromatic heterocycles. The summed E-state index contributed by atoms with van der Waals surface area (Å²) >= 11 is 0. The Hall–Kier alpha value is -1.81. The van der Waals surface area contributed by atoms with Gasteiger partial charge in [-0.15, -0.1) is 0 Å². The zero-order chi connectivity index (χ0) is 19.2. The van der Waals surface area contributed by atoms with Crippen molar-refractivity contribution < 1.29 is 4.79 Å². The van der Waals surface area contributed by atoms with Crippen molar-refractivity contribution in [3.8, 4) is 0 Å². The number of carbonyl (C=O) groups is 1. The molecule has 0 amide bonds. The van der Waals surface area contributed by atoms with Gasteiger partial charge >= 0.3 is 0 Å². The first-order valence-corrected chi connectivity index (χ1v) is 9.62. The second-order valence-corrected chi connectivity index (χ2v) is 5.74. The van der Waals surface area contributed by atoms with E-state index in [0.717, 1.165) is 25.3 Å². The number of rotatable bonds is 7. The summed E-state index contributed by atoms with van der Waals surface area (Å²) in [4.78, 5) is 14.2. The Labute approximate surface area is 154 Å². The van der Waals surface area contributed by atoms with Crippen LogP contribution in [0.25, 0.3) is 0 Å². The number of nitrogens with two attached hydrogens (primary N) is 1. The van der Waals surface area contributed by atoms with E-state index in [0.29, 0.717) is 6.42 Å². The van der Waals surface area contributed by atoms with E-state index in [-0.39, 0.29) is 11.7 Å². The third-order valence-electron chi connectivity index (χ3n) is 3.98. The molecule has 25 heavy (non-hydrogen) atoms. The van der Waals surface area contributed by atoms with Crippen LogP contribution in [-0.2, 0) is 11.3 Å². The molecule has 1 aromatic rings. The maximum atomic E-state index is 12.0. The Kier molecular flexibility index (Phi) is 12.5. The topological polar surface area (TPSA) is 58.4 Å². The minimum atomic E-state index is -0.407. The Morgan fingerprint density at radius 3 is 2.36 bits per heavy atom. The molecule has 0 saturated heterocycles. The summed E-state index contributed by atoms with van der Waals surface area (Å²) in [6, 6.07) is 9.94. The van der Waals surface area contributed by atoms with Crippen LogP contribution in [-0.4, -0.2) is 23.4 Å². The number of hydrogen-bond donors (Lipinski definition) is 2. The molecule has 2 atom stereocenters. The van der Waals surface area contributed by atoms with E-state index in [1.54, 1.807) is 0 Å². The molecule has 0 radical (unpaired) electrons. The lowest BCUT2D eigenvalue weighted by Gasteiger charge is -2.15. The molecule has 0 saturated carbocycles. The maximum absolute atomic E-state index is 12.0. The van der Waals surface area contributed by atoms with Gasteiger partial charge in [-0.2, -0.15) is 0 Å². The van der Waals surface area contributed by atoms with Gasteiger partial charge in [-0.3, -0.25) is 4.79 Å². The van der Waals surface area contributed by atoms with Crippen molar-refractivity contribution in [1.29, 1.82) is 0 Å². The third-order valence-corrected chi connectivity index (χ3v) is 3.98. The largest absolute Gasteiger partial charge is 0.370 e. The minimum absolute atomic E-state index is 0.0439. The van der Waals surface area contributed by atoms with Gasteiger partial charge in [0, 0.05) is 30.8 Å². The van der Waals surface area contributed by atoms with Gasteiger partial charge < -0.3 is 16.0 Å². The first-order valence-electron chi connectivity index (χ1n) is 9.62. The molecule has 4 nitrogen and oxygen atoms in total. The lowest BCUT2D eigenvalue weighted by atomic mass is 9.95. The molecule has 3 N–H and O–H groups in total. The van der Waals surface area contributed by atoms with Crippen LogP contribution in [0.1, 0.15) is 59.9 Å². The fraction of sp³-hybridized carbons (Fsp3) is 0.571. The average molecular weight is 348 g/mol. The molecule has 0 aliphatic carbocycles. The van der Waals surface area contributed by atoms with Crippen LogP contribution in [0.2, 0.25) is 0 Å². The lowest BCUT2D eigenvalue weighted by molar-refractivity contribution is -0.123. The van der Waals surface area contributed by atoms with Gasteiger partial charge in [0.05, 0.1) is 12.7 Å². The van der Waals surface area contributed by atoms with Gasteiger partial charge in [-0.05, 0) is 12.0 Å². The summed E-state index contributed by atoms with van der Waals surface area (Å²) in [5.74, 6) is 0.198. The molecule has 1 heterocycles. The fourth-order valence-electron chi connectivity index (χ4n) is 2.46. The fourth-order valence-corrected chi connectivity index (χ4v) is 2.46. The van der Waals surface area contributed by atoms with Crippen molar-refractivity contribution in [2.75, 3.05) is 6.67 Å². The molecular formula is C21H37N3O. The molecule has 0 fully saturated rings. The normalized spacial score (nSPS) is 14.8. The smallest absolute Gasteiger partial charge is 0.152 e. The molecule has 1 aliphatic rings. The zero-order valence-corrected chi connectivity index (χ0v) is 16.9. The SMILES string of the molecule is CC.CC.CCC(C)C(=O)C(N)CC1=CN(Cc2ccccc2)CN1. The number of carbonyl (C=O) groups excluding carboxylic acids is 1. The molecule has 4 heteroatoms. The summed E-state index contributed by atoms with van der Waals surface area (Å²) in [6.07, 6.45) is 3.52. The van der Waals surface area contributed by atoms with Gasteiger partial charge in [0.15, 0.2) is 5.78 Å². The molecule has 0 bridgehead atoms. The Balaban J connectivity index is 0.00000134. The van der Waals surface area contributed by atoms with Crippen LogP contribution < -0.4 is 11.1 Å². The molecule has 142 valence electrons. The van der Waals surface area contributed by atoms with Crippen molar-refractivity contribution in [2.24, 2.45) is 11.7 Å². The highest BCUT2D eigenvalue weighted by Crippen LogP contribution is 2.15. The van der Waals surface area contributed by atoms with E-state index in [2.05, 4.69) is 28.5 Å². The Morgan fingerprint density at radius 1 is 1.20 bits per heavy atom. The van der Waals surface area contributed by atoms with E-state index in [4.69, 9.17) is 5.73 Å². The highest BCUT2D eigenvalue weighted by atomic mass is 16.1. The summed E-state index contributed by atoms with van der Waals surface area (Å²) in [7, 11) is 0.